The van der Waals surface area contributed by atoms with Crippen molar-refractivity contribution in [2.45, 2.75) is 26.7 Å². The Kier molecular flexibility index (Phi) is 5.53. The standard InChI is InChI=1S/C14H20O3/c1-4-11(14(15)17-5-2)10-12-8-6-7-9-13(12)16-3/h6-9,11H,4-5,10H2,1-3H3. The molecule has 0 heterocycles. The van der Waals surface area contributed by atoms with Gasteiger partial charge in [0.2, 0.25) is 0 Å². The fourth-order valence-electron chi connectivity index (χ4n) is 1.79. The van der Waals surface area contributed by atoms with Crippen molar-refractivity contribution in [1.29, 1.82) is 0 Å². The van der Waals surface area contributed by atoms with E-state index >= 15 is 0 Å². The van der Waals surface area contributed by atoms with Crippen molar-refractivity contribution in [3.05, 3.63) is 29.8 Å². The first-order valence-electron chi connectivity index (χ1n) is 6.01. The van der Waals surface area contributed by atoms with Crippen LogP contribution in [0.5, 0.6) is 5.75 Å². The topological polar surface area (TPSA) is 35.5 Å². The van der Waals surface area contributed by atoms with Crippen LogP contribution in [0.1, 0.15) is 25.8 Å². The monoisotopic (exact) mass is 236 g/mol. The Balaban J connectivity index is 2.76. The first-order valence-corrected chi connectivity index (χ1v) is 6.01. The SMILES string of the molecule is CCOC(=O)C(CC)Cc1ccccc1OC. The molecule has 1 aromatic carbocycles. The summed E-state index contributed by atoms with van der Waals surface area (Å²) in [6.07, 6.45) is 1.44. The third-order valence-corrected chi connectivity index (χ3v) is 2.77. The zero-order valence-electron chi connectivity index (χ0n) is 10.7. The Morgan fingerprint density at radius 1 is 1.29 bits per heavy atom. The van der Waals surface area contributed by atoms with Crippen LogP contribution in [0.4, 0.5) is 0 Å². The first-order chi connectivity index (χ1) is 8.22. The molecule has 0 saturated carbocycles. The van der Waals surface area contributed by atoms with Gasteiger partial charge in [-0.1, -0.05) is 25.1 Å². The molecular weight excluding hydrogens is 216 g/mol. The van der Waals surface area contributed by atoms with E-state index in [0.717, 1.165) is 17.7 Å². The third-order valence-electron chi connectivity index (χ3n) is 2.77. The lowest BCUT2D eigenvalue weighted by atomic mass is 9.96. The summed E-state index contributed by atoms with van der Waals surface area (Å²) in [5.74, 6) is 0.613. The zero-order chi connectivity index (χ0) is 12.7. The van der Waals surface area contributed by atoms with Crippen molar-refractivity contribution in [2.75, 3.05) is 13.7 Å². The smallest absolute Gasteiger partial charge is 0.309 e. The molecule has 0 fully saturated rings. The van der Waals surface area contributed by atoms with Crippen molar-refractivity contribution in [3.63, 3.8) is 0 Å². The molecule has 0 N–H and O–H groups in total. The minimum absolute atomic E-state index is 0.0914. The summed E-state index contributed by atoms with van der Waals surface area (Å²) < 4.78 is 10.3. The van der Waals surface area contributed by atoms with Gasteiger partial charge in [-0.25, -0.2) is 0 Å². The summed E-state index contributed by atoms with van der Waals surface area (Å²) in [4.78, 5) is 11.7. The van der Waals surface area contributed by atoms with Gasteiger partial charge in [-0.2, -0.15) is 0 Å². The molecule has 0 saturated heterocycles. The van der Waals surface area contributed by atoms with E-state index in [1.165, 1.54) is 0 Å². The summed E-state index contributed by atoms with van der Waals surface area (Å²) in [6.45, 7) is 4.26. The minimum Gasteiger partial charge on any atom is -0.496 e. The van der Waals surface area contributed by atoms with E-state index in [-0.39, 0.29) is 11.9 Å². The molecule has 1 atom stereocenters. The predicted molar refractivity (Wildman–Crippen MR) is 67.1 cm³/mol. The number of ether oxygens (including phenoxy) is 2. The summed E-state index contributed by atoms with van der Waals surface area (Å²) in [5.41, 5.74) is 1.05. The number of carbonyl (C=O) groups excluding carboxylic acids is 1. The van der Waals surface area contributed by atoms with Crippen LogP contribution < -0.4 is 4.74 Å². The molecule has 0 aliphatic rings. The molecule has 1 rings (SSSR count). The van der Waals surface area contributed by atoms with Gasteiger partial charge in [0.1, 0.15) is 5.75 Å². The molecule has 0 radical (unpaired) electrons. The van der Waals surface area contributed by atoms with Gasteiger partial charge in [0.15, 0.2) is 0 Å². The Morgan fingerprint density at radius 3 is 2.59 bits per heavy atom. The van der Waals surface area contributed by atoms with Crippen LogP contribution in [0, 0.1) is 5.92 Å². The van der Waals surface area contributed by atoms with Crippen LogP contribution in [0.25, 0.3) is 0 Å². The molecule has 0 aromatic heterocycles. The average Bonchev–Trinajstić information content (AvgIpc) is 2.36. The van der Waals surface area contributed by atoms with E-state index in [4.69, 9.17) is 9.47 Å². The number of para-hydroxylation sites is 1. The molecule has 0 amide bonds. The number of hydrogen-bond acceptors (Lipinski definition) is 3. The van der Waals surface area contributed by atoms with Gasteiger partial charge in [0.25, 0.3) is 0 Å². The summed E-state index contributed by atoms with van der Waals surface area (Å²) in [7, 11) is 1.64. The lowest BCUT2D eigenvalue weighted by molar-refractivity contribution is -0.148. The molecule has 1 unspecified atom stereocenters. The number of methoxy groups -OCH3 is 1. The number of benzene rings is 1. The van der Waals surface area contributed by atoms with Crippen molar-refractivity contribution in [3.8, 4) is 5.75 Å². The molecule has 3 nitrogen and oxygen atoms in total. The number of rotatable bonds is 6. The molecule has 0 aliphatic carbocycles. The van der Waals surface area contributed by atoms with Crippen LogP contribution in [0.2, 0.25) is 0 Å². The van der Waals surface area contributed by atoms with E-state index in [0.29, 0.717) is 13.0 Å². The third kappa shape index (κ3) is 3.77. The molecule has 0 bridgehead atoms. The van der Waals surface area contributed by atoms with E-state index in [1.54, 1.807) is 7.11 Å². The largest absolute Gasteiger partial charge is 0.496 e. The van der Waals surface area contributed by atoms with Gasteiger partial charge in [-0.15, -0.1) is 0 Å². The summed E-state index contributed by atoms with van der Waals surface area (Å²) in [6, 6.07) is 7.78. The number of carbonyl (C=O) groups is 1. The van der Waals surface area contributed by atoms with Gasteiger partial charge in [0, 0.05) is 0 Å². The molecule has 0 aliphatic heterocycles. The highest BCUT2D eigenvalue weighted by molar-refractivity contribution is 5.72. The first kappa shape index (κ1) is 13.6. The van der Waals surface area contributed by atoms with Crippen molar-refractivity contribution in [1.82, 2.24) is 0 Å². The number of esters is 1. The second-order valence-corrected chi connectivity index (χ2v) is 3.87. The highest BCUT2D eigenvalue weighted by Crippen LogP contribution is 2.22. The fraction of sp³-hybridized carbons (Fsp3) is 0.500. The van der Waals surface area contributed by atoms with Crippen molar-refractivity contribution < 1.29 is 14.3 Å². The van der Waals surface area contributed by atoms with Gasteiger partial charge in [-0.05, 0) is 31.4 Å². The van der Waals surface area contributed by atoms with Crippen molar-refractivity contribution >= 4 is 5.97 Å². The van der Waals surface area contributed by atoms with Crippen LogP contribution in [0.15, 0.2) is 24.3 Å². The van der Waals surface area contributed by atoms with Crippen LogP contribution >= 0.6 is 0 Å². The van der Waals surface area contributed by atoms with Gasteiger partial charge in [-0.3, -0.25) is 4.79 Å². The molecule has 3 heteroatoms. The Morgan fingerprint density at radius 2 is 2.00 bits per heavy atom. The second-order valence-electron chi connectivity index (χ2n) is 3.87. The Hall–Kier alpha value is -1.51. The van der Waals surface area contributed by atoms with Crippen LogP contribution in [0.3, 0.4) is 0 Å². The predicted octanol–water partition coefficient (Wildman–Crippen LogP) is 2.83. The van der Waals surface area contributed by atoms with Gasteiger partial charge >= 0.3 is 5.97 Å². The zero-order valence-corrected chi connectivity index (χ0v) is 10.7. The minimum atomic E-state index is -0.124. The molecule has 94 valence electrons. The lowest BCUT2D eigenvalue weighted by Gasteiger charge is -2.15. The highest BCUT2D eigenvalue weighted by Gasteiger charge is 2.19. The molecule has 17 heavy (non-hydrogen) atoms. The molecule has 1 aromatic rings. The summed E-state index contributed by atoms with van der Waals surface area (Å²) >= 11 is 0. The van der Waals surface area contributed by atoms with E-state index in [9.17, 15) is 4.79 Å². The van der Waals surface area contributed by atoms with Crippen LogP contribution in [-0.2, 0) is 16.0 Å². The van der Waals surface area contributed by atoms with Crippen molar-refractivity contribution in [2.24, 2.45) is 5.92 Å². The second kappa shape index (κ2) is 6.94. The van der Waals surface area contributed by atoms with E-state index < -0.39 is 0 Å². The summed E-state index contributed by atoms with van der Waals surface area (Å²) in [5, 5.41) is 0. The highest BCUT2D eigenvalue weighted by atomic mass is 16.5. The van der Waals surface area contributed by atoms with E-state index in [1.807, 2.05) is 38.1 Å². The number of hydrogen-bond donors (Lipinski definition) is 0. The molecule has 0 spiro atoms. The maximum atomic E-state index is 11.7. The van der Waals surface area contributed by atoms with Crippen LogP contribution in [-0.4, -0.2) is 19.7 Å². The maximum absolute atomic E-state index is 11.7. The fourth-order valence-corrected chi connectivity index (χ4v) is 1.79. The molecular formula is C14H20O3. The van der Waals surface area contributed by atoms with Gasteiger partial charge < -0.3 is 9.47 Å². The van der Waals surface area contributed by atoms with Gasteiger partial charge in [0.05, 0.1) is 19.6 Å². The normalized spacial score (nSPS) is 11.9. The Bertz CT molecular complexity index is 360. The average molecular weight is 236 g/mol. The quantitative estimate of drug-likeness (QED) is 0.712. The maximum Gasteiger partial charge on any atom is 0.309 e. The van der Waals surface area contributed by atoms with E-state index in [2.05, 4.69) is 0 Å². The Labute approximate surface area is 103 Å². The lowest BCUT2D eigenvalue weighted by Crippen LogP contribution is -2.19.